The molecule has 1 unspecified atom stereocenters. The number of hydrogen-bond donors (Lipinski definition) is 0. The Morgan fingerprint density at radius 1 is 1.09 bits per heavy atom. The molecule has 2 spiro atoms. The van der Waals surface area contributed by atoms with Crippen LogP contribution in [-0.4, -0.2) is 81.9 Å². The molecule has 0 saturated carbocycles. The zero-order valence-corrected chi connectivity index (χ0v) is 18.9. The Balaban J connectivity index is 1.15. The van der Waals surface area contributed by atoms with E-state index in [1.165, 1.54) is 35.0 Å². The van der Waals surface area contributed by atoms with Crippen LogP contribution >= 0.6 is 0 Å². The van der Waals surface area contributed by atoms with Gasteiger partial charge in [-0.2, -0.15) is 13.1 Å². The average Bonchev–Trinajstić information content (AvgIpc) is 3.16. The number of ether oxygens (including phenoxy) is 3. The normalized spacial score (nSPS) is 28.3. The fraction of sp³-hybridized carbons (Fsp3) is 0.727. The minimum absolute atomic E-state index is 0.0606. The summed E-state index contributed by atoms with van der Waals surface area (Å²) in [5, 5.41) is 0. The topological polar surface area (TPSA) is 68.3 Å². The Bertz CT molecular complexity index is 905. The summed E-state index contributed by atoms with van der Waals surface area (Å²) >= 11 is 0. The number of benzene rings is 1. The predicted molar refractivity (Wildman–Crippen MR) is 112 cm³/mol. The summed E-state index contributed by atoms with van der Waals surface area (Å²) < 4.78 is 68.4. The van der Waals surface area contributed by atoms with Crippen molar-refractivity contribution in [3.8, 4) is 5.75 Å². The van der Waals surface area contributed by atoms with Crippen LogP contribution < -0.4 is 4.74 Å². The van der Waals surface area contributed by atoms with E-state index in [1.54, 1.807) is 0 Å². The Hall–Kier alpha value is -1.33. The van der Waals surface area contributed by atoms with Crippen LogP contribution in [0, 0.1) is 5.41 Å². The van der Waals surface area contributed by atoms with Crippen molar-refractivity contribution in [3.63, 3.8) is 0 Å². The van der Waals surface area contributed by atoms with Gasteiger partial charge in [0, 0.05) is 44.2 Å². The monoisotopic (exact) mass is 472 g/mol. The van der Waals surface area contributed by atoms with Gasteiger partial charge < -0.3 is 14.2 Å². The molecule has 0 amide bonds. The second-order valence-corrected chi connectivity index (χ2v) is 11.6. The van der Waals surface area contributed by atoms with Crippen molar-refractivity contribution in [1.82, 2.24) is 9.21 Å². The maximum absolute atomic E-state index is 13.0. The van der Waals surface area contributed by atoms with Gasteiger partial charge in [-0.3, -0.25) is 4.90 Å². The molecular formula is C22H30F2N2O5S. The molecule has 0 N–H and O–H groups in total. The lowest BCUT2D eigenvalue weighted by Gasteiger charge is -2.54. The van der Waals surface area contributed by atoms with Gasteiger partial charge in [-0.05, 0) is 56.4 Å². The molecule has 0 aliphatic carbocycles. The minimum atomic E-state index is -3.69. The van der Waals surface area contributed by atoms with Crippen LogP contribution in [0.4, 0.5) is 8.78 Å². The summed E-state index contributed by atoms with van der Waals surface area (Å²) in [6.07, 6.45) is 4.65. The highest BCUT2D eigenvalue weighted by Gasteiger charge is 2.52. The molecule has 178 valence electrons. The average molecular weight is 473 g/mol. The number of sulfonamides is 1. The van der Waals surface area contributed by atoms with E-state index >= 15 is 0 Å². The number of likely N-dealkylation sites (tertiary alicyclic amines) is 1. The largest absolute Gasteiger partial charge is 0.435 e. The highest BCUT2D eigenvalue weighted by atomic mass is 32.2. The van der Waals surface area contributed by atoms with Crippen LogP contribution in [0.15, 0.2) is 29.2 Å². The van der Waals surface area contributed by atoms with Crippen LogP contribution in [0.1, 0.15) is 32.1 Å². The standard InChI is InChI=1S/C22H30F2N2O5S/c23-20(24)31-18-2-4-19(5-3-18)32(27,28)26-9-7-22(8-10-26)12-17(13-30-22)25-14-21(15-25)6-1-11-29-16-21/h2-5,17,20H,1,6-16H2. The number of nitrogens with zero attached hydrogens (tertiary/aromatic N) is 2. The van der Waals surface area contributed by atoms with Crippen LogP contribution in [0.2, 0.25) is 0 Å². The van der Waals surface area contributed by atoms with Gasteiger partial charge in [0.2, 0.25) is 10.0 Å². The maximum Gasteiger partial charge on any atom is 0.387 e. The zero-order chi connectivity index (χ0) is 22.4. The highest BCUT2D eigenvalue weighted by molar-refractivity contribution is 7.89. The Labute approximate surface area is 187 Å². The first kappa shape index (κ1) is 22.5. The second-order valence-electron chi connectivity index (χ2n) is 9.67. The number of alkyl halides is 2. The molecule has 1 atom stereocenters. The van der Waals surface area contributed by atoms with E-state index in [9.17, 15) is 17.2 Å². The van der Waals surface area contributed by atoms with Crippen molar-refractivity contribution in [2.75, 3.05) is 46.0 Å². The van der Waals surface area contributed by atoms with E-state index in [4.69, 9.17) is 9.47 Å². The summed E-state index contributed by atoms with van der Waals surface area (Å²) in [6.45, 7) is 2.43. The van der Waals surface area contributed by atoms with Crippen molar-refractivity contribution in [2.45, 2.75) is 55.3 Å². The van der Waals surface area contributed by atoms with Crippen LogP contribution in [0.3, 0.4) is 0 Å². The molecule has 4 fully saturated rings. The molecule has 5 rings (SSSR count). The molecule has 4 saturated heterocycles. The van der Waals surface area contributed by atoms with Crippen molar-refractivity contribution in [1.29, 1.82) is 0 Å². The summed E-state index contributed by atoms with van der Waals surface area (Å²) in [6, 6.07) is 5.54. The first-order valence-electron chi connectivity index (χ1n) is 11.3. The number of halogens is 2. The van der Waals surface area contributed by atoms with Gasteiger partial charge in [-0.1, -0.05) is 0 Å². The minimum Gasteiger partial charge on any atom is -0.435 e. The third-order valence-electron chi connectivity index (χ3n) is 7.51. The lowest BCUT2D eigenvalue weighted by molar-refractivity contribution is -0.115. The smallest absolute Gasteiger partial charge is 0.387 e. The lowest BCUT2D eigenvalue weighted by Crippen LogP contribution is -2.63. The van der Waals surface area contributed by atoms with Gasteiger partial charge in [0.05, 0.1) is 23.7 Å². The molecule has 0 aromatic heterocycles. The number of rotatable bonds is 5. The SMILES string of the molecule is O=S(=O)(c1ccc(OC(F)F)cc1)N1CCC2(CC1)CC(N1CC3(CCCOC3)C1)CO2. The van der Waals surface area contributed by atoms with Gasteiger partial charge in [0.25, 0.3) is 0 Å². The molecule has 0 bridgehead atoms. The maximum atomic E-state index is 13.0. The first-order chi connectivity index (χ1) is 15.3. The Morgan fingerprint density at radius 2 is 1.81 bits per heavy atom. The van der Waals surface area contributed by atoms with E-state index in [-0.39, 0.29) is 16.2 Å². The molecule has 7 nitrogen and oxygen atoms in total. The molecule has 4 aliphatic rings. The van der Waals surface area contributed by atoms with E-state index in [2.05, 4.69) is 9.64 Å². The second kappa shape index (κ2) is 8.47. The fourth-order valence-electron chi connectivity index (χ4n) is 5.71. The van der Waals surface area contributed by atoms with Crippen LogP contribution in [-0.2, 0) is 19.5 Å². The molecule has 32 heavy (non-hydrogen) atoms. The third-order valence-corrected chi connectivity index (χ3v) is 9.42. The van der Waals surface area contributed by atoms with Crippen LogP contribution in [0.25, 0.3) is 0 Å². The molecule has 4 aliphatic heterocycles. The molecule has 10 heteroatoms. The van der Waals surface area contributed by atoms with Gasteiger partial charge in [-0.25, -0.2) is 8.42 Å². The van der Waals surface area contributed by atoms with E-state index in [0.717, 1.165) is 39.1 Å². The Kier molecular flexibility index (Phi) is 5.94. The van der Waals surface area contributed by atoms with Crippen LogP contribution in [0.5, 0.6) is 5.75 Å². The number of hydrogen-bond acceptors (Lipinski definition) is 6. The summed E-state index contributed by atoms with van der Waals surface area (Å²) in [5.41, 5.74) is 0.0822. The van der Waals surface area contributed by atoms with E-state index in [0.29, 0.717) is 44.0 Å². The van der Waals surface area contributed by atoms with E-state index < -0.39 is 16.6 Å². The fourth-order valence-corrected chi connectivity index (χ4v) is 7.15. The van der Waals surface area contributed by atoms with Crippen molar-refractivity contribution >= 4 is 10.0 Å². The van der Waals surface area contributed by atoms with Gasteiger partial charge in [0.1, 0.15) is 5.75 Å². The third kappa shape index (κ3) is 4.27. The first-order valence-corrected chi connectivity index (χ1v) is 12.7. The van der Waals surface area contributed by atoms with Crippen molar-refractivity contribution in [3.05, 3.63) is 24.3 Å². The van der Waals surface area contributed by atoms with Gasteiger partial charge in [0.15, 0.2) is 0 Å². The van der Waals surface area contributed by atoms with Gasteiger partial charge >= 0.3 is 6.61 Å². The molecule has 4 heterocycles. The summed E-state index contributed by atoms with van der Waals surface area (Å²) in [5.74, 6) is -0.0606. The quantitative estimate of drug-likeness (QED) is 0.657. The molecule has 1 aromatic carbocycles. The zero-order valence-electron chi connectivity index (χ0n) is 18.0. The molecule has 1 aromatic rings. The summed E-state index contributed by atoms with van der Waals surface area (Å²) in [4.78, 5) is 2.59. The molecular weight excluding hydrogens is 442 g/mol. The van der Waals surface area contributed by atoms with Gasteiger partial charge in [-0.15, -0.1) is 0 Å². The Morgan fingerprint density at radius 3 is 2.44 bits per heavy atom. The highest BCUT2D eigenvalue weighted by Crippen LogP contribution is 2.44. The summed E-state index contributed by atoms with van der Waals surface area (Å²) in [7, 11) is -3.69. The predicted octanol–water partition coefficient (Wildman–Crippen LogP) is 2.71. The van der Waals surface area contributed by atoms with Crippen molar-refractivity contribution in [2.24, 2.45) is 5.41 Å². The van der Waals surface area contributed by atoms with Crippen molar-refractivity contribution < 1.29 is 31.4 Å². The number of piperidine rings is 1. The lowest BCUT2D eigenvalue weighted by atomic mass is 9.74. The molecule has 0 radical (unpaired) electrons. The van der Waals surface area contributed by atoms with E-state index in [1.807, 2.05) is 0 Å².